The van der Waals surface area contributed by atoms with E-state index in [-0.39, 0.29) is 17.7 Å². The molecule has 122 valence electrons. The molecule has 0 spiro atoms. The summed E-state index contributed by atoms with van der Waals surface area (Å²) in [6, 6.07) is -0.180. The van der Waals surface area contributed by atoms with Crippen molar-refractivity contribution < 1.29 is 9.59 Å². The first-order valence-corrected chi connectivity index (χ1v) is 9.21. The Morgan fingerprint density at radius 3 is 2.70 bits per heavy atom. The summed E-state index contributed by atoms with van der Waals surface area (Å²) >= 11 is 2.98. The van der Waals surface area contributed by atoms with Gasteiger partial charge in [0.15, 0.2) is 0 Å². The molecule has 1 saturated carbocycles. The highest BCUT2D eigenvalue weighted by Gasteiger charge is 2.24. The van der Waals surface area contributed by atoms with Crippen LogP contribution in [0.2, 0.25) is 0 Å². The third-order valence-electron chi connectivity index (χ3n) is 3.61. The van der Waals surface area contributed by atoms with Crippen molar-refractivity contribution in [2.45, 2.75) is 44.7 Å². The molecule has 1 aliphatic rings. The van der Waals surface area contributed by atoms with Crippen molar-refractivity contribution >= 4 is 45.3 Å². The van der Waals surface area contributed by atoms with Gasteiger partial charge in [-0.1, -0.05) is 11.8 Å². The molecular formula is C15H18N4O2S2. The number of urea groups is 1. The van der Waals surface area contributed by atoms with Crippen molar-refractivity contribution in [1.29, 1.82) is 0 Å². The van der Waals surface area contributed by atoms with E-state index in [2.05, 4.69) is 27.5 Å². The number of fused-ring (bicyclic) bond motifs is 1. The van der Waals surface area contributed by atoms with E-state index in [0.29, 0.717) is 5.82 Å². The Balaban J connectivity index is 1.68. The van der Waals surface area contributed by atoms with Gasteiger partial charge < -0.3 is 5.32 Å². The fourth-order valence-corrected chi connectivity index (χ4v) is 4.23. The van der Waals surface area contributed by atoms with Crippen LogP contribution < -0.4 is 10.6 Å². The Labute approximate surface area is 142 Å². The lowest BCUT2D eigenvalue weighted by Crippen LogP contribution is -2.41. The van der Waals surface area contributed by atoms with Crippen LogP contribution >= 0.6 is 23.1 Å². The summed E-state index contributed by atoms with van der Waals surface area (Å²) in [4.78, 5) is 34.5. The van der Waals surface area contributed by atoms with Crippen LogP contribution in [0.4, 0.5) is 4.79 Å². The van der Waals surface area contributed by atoms with Crippen LogP contribution in [0.25, 0.3) is 10.2 Å². The number of carbonyl (C=O) groups is 2. The Morgan fingerprint density at radius 2 is 2.00 bits per heavy atom. The van der Waals surface area contributed by atoms with E-state index >= 15 is 0 Å². The fraction of sp³-hybridized carbons (Fsp3) is 0.467. The minimum atomic E-state index is -0.412. The lowest BCUT2D eigenvalue weighted by Gasteiger charge is -2.06. The molecule has 6 nitrogen and oxygen atoms in total. The van der Waals surface area contributed by atoms with Crippen molar-refractivity contribution in [2.24, 2.45) is 0 Å². The van der Waals surface area contributed by atoms with E-state index in [4.69, 9.17) is 0 Å². The second-order valence-corrected chi connectivity index (χ2v) is 7.79. The second-order valence-electron chi connectivity index (χ2n) is 5.62. The molecule has 2 aromatic rings. The predicted octanol–water partition coefficient (Wildman–Crippen LogP) is 2.70. The number of rotatable bonds is 4. The first-order chi connectivity index (χ1) is 10.9. The van der Waals surface area contributed by atoms with E-state index in [1.54, 1.807) is 11.3 Å². The van der Waals surface area contributed by atoms with E-state index in [9.17, 15) is 9.59 Å². The van der Waals surface area contributed by atoms with Crippen LogP contribution in [0, 0.1) is 20.8 Å². The number of imide groups is 1. The Hall–Kier alpha value is -1.67. The molecule has 23 heavy (non-hydrogen) atoms. The van der Waals surface area contributed by atoms with Gasteiger partial charge in [0.2, 0.25) is 5.91 Å². The monoisotopic (exact) mass is 350 g/mol. The smallest absolute Gasteiger partial charge is 0.321 e. The topological polar surface area (TPSA) is 84.0 Å². The van der Waals surface area contributed by atoms with Gasteiger partial charge in [-0.05, 0) is 39.2 Å². The molecule has 3 rings (SSSR count). The molecule has 0 bridgehead atoms. The van der Waals surface area contributed by atoms with E-state index in [1.165, 1.54) is 16.6 Å². The van der Waals surface area contributed by atoms with Crippen LogP contribution in [0.15, 0.2) is 5.03 Å². The first kappa shape index (κ1) is 16.2. The first-order valence-electron chi connectivity index (χ1n) is 7.41. The van der Waals surface area contributed by atoms with Crippen LogP contribution in [0.1, 0.15) is 29.1 Å². The molecule has 2 N–H and O–H groups in total. The number of thioether (sulfide) groups is 1. The molecular weight excluding hydrogens is 332 g/mol. The molecule has 2 aromatic heterocycles. The standard InChI is InChI=1S/C15H18N4O2S2/c1-7-8(2)23-14-12(7)13(16-9(3)17-14)22-6-11(20)19-15(21)18-10-4-5-10/h10H,4-6H2,1-3H3,(H2,18,19,20,21). The third kappa shape index (κ3) is 3.81. The number of aryl methyl sites for hydroxylation is 3. The van der Waals surface area contributed by atoms with Gasteiger partial charge in [0.1, 0.15) is 15.7 Å². The van der Waals surface area contributed by atoms with E-state index in [0.717, 1.165) is 33.6 Å². The van der Waals surface area contributed by atoms with Crippen molar-refractivity contribution in [3.63, 3.8) is 0 Å². The van der Waals surface area contributed by atoms with Gasteiger partial charge in [-0.2, -0.15) is 0 Å². The van der Waals surface area contributed by atoms with Gasteiger partial charge in [0.05, 0.1) is 5.75 Å². The molecule has 0 saturated heterocycles. The number of hydrogen-bond donors (Lipinski definition) is 2. The van der Waals surface area contributed by atoms with Gasteiger partial charge >= 0.3 is 6.03 Å². The number of nitrogens with one attached hydrogen (secondary N) is 2. The maximum absolute atomic E-state index is 11.9. The molecule has 1 aliphatic carbocycles. The highest BCUT2D eigenvalue weighted by molar-refractivity contribution is 8.00. The zero-order valence-corrected chi connectivity index (χ0v) is 14.9. The molecule has 2 heterocycles. The summed E-state index contributed by atoms with van der Waals surface area (Å²) in [5, 5.41) is 6.89. The molecule has 0 atom stereocenters. The molecule has 0 radical (unpaired) electrons. The SMILES string of the molecule is Cc1nc(SCC(=O)NC(=O)NC2CC2)c2c(C)c(C)sc2n1. The van der Waals surface area contributed by atoms with Gasteiger partial charge in [-0.3, -0.25) is 10.1 Å². The average Bonchev–Trinajstić information content (AvgIpc) is 3.22. The summed E-state index contributed by atoms with van der Waals surface area (Å²) in [6.07, 6.45) is 1.98. The molecule has 0 aromatic carbocycles. The molecule has 8 heteroatoms. The van der Waals surface area contributed by atoms with Crippen molar-refractivity contribution in [1.82, 2.24) is 20.6 Å². The quantitative estimate of drug-likeness (QED) is 0.654. The Morgan fingerprint density at radius 1 is 1.26 bits per heavy atom. The zero-order chi connectivity index (χ0) is 16.6. The van der Waals surface area contributed by atoms with Crippen LogP contribution in [-0.4, -0.2) is 33.7 Å². The maximum atomic E-state index is 11.9. The number of nitrogens with zero attached hydrogens (tertiary/aromatic N) is 2. The van der Waals surface area contributed by atoms with E-state index < -0.39 is 6.03 Å². The predicted molar refractivity (Wildman–Crippen MR) is 92.0 cm³/mol. The van der Waals surface area contributed by atoms with Gasteiger partial charge in [-0.15, -0.1) is 11.3 Å². The Kier molecular flexibility index (Phi) is 4.54. The van der Waals surface area contributed by atoms with Crippen LogP contribution in [0.5, 0.6) is 0 Å². The normalized spacial score (nSPS) is 14.0. The zero-order valence-electron chi connectivity index (χ0n) is 13.2. The number of carbonyl (C=O) groups excluding carboxylic acids is 2. The Bertz CT molecular complexity index is 783. The average molecular weight is 350 g/mol. The largest absolute Gasteiger partial charge is 0.335 e. The van der Waals surface area contributed by atoms with Gasteiger partial charge in [0.25, 0.3) is 0 Å². The summed E-state index contributed by atoms with van der Waals surface area (Å²) in [7, 11) is 0. The molecule has 0 aliphatic heterocycles. The number of aromatic nitrogens is 2. The molecule has 3 amide bonds. The van der Waals surface area contributed by atoms with Crippen LogP contribution in [0.3, 0.4) is 0 Å². The van der Waals surface area contributed by atoms with Crippen molar-refractivity contribution in [3.8, 4) is 0 Å². The highest BCUT2D eigenvalue weighted by Crippen LogP contribution is 2.34. The van der Waals surface area contributed by atoms with Crippen molar-refractivity contribution in [3.05, 3.63) is 16.3 Å². The summed E-state index contributed by atoms with van der Waals surface area (Å²) in [5.41, 5.74) is 1.15. The van der Waals surface area contributed by atoms with Crippen molar-refractivity contribution in [2.75, 3.05) is 5.75 Å². The second kappa shape index (κ2) is 6.45. The lowest BCUT2D eigenvalue weighted by molar-refractivity contribution is -0.117. The summed E-state index contributed by atoms with van der Waals surface area (Å²) < 4.78 is 0. The molecule has 1 fully saturated rings. The van der Waals surface area contributed by atoms with Gasteiger partial charge in [0, 0.05) is 16.3 Å². The maximum Gasteiger partial charge on any atom is 0.321 e. The lowest BCUT2D eigenvalue weighted by atomic mass is 10.2. The number of amides is 3. The van der Waals surface area contributed by atoms with E-state index in [1.807, 2.05) is 13.8 Å². The number of thiophene rings is 1. The minimum Gasteiger partial charge on any atom is -0.335 e. The highest BCUT2D eigenvalue weighted by atomic mass is 32.2. The molecule has 0 unspecified atom stereocenters. The fourth-order valence-electron chi connectivity index (χ4n) is 2.16. The number of hydrogen-bond acceptors (Lipinski definition) is 6. The minimum absolute atomic E-state index is 0.151. The summed E-state index contributed by atoms with van der Waals surface area (Å²) in [6.45, 7) is 5.94. The summed E-state index contributed by atoms with van der Waals surface area (Å²) in [5.74, 6) is 0.521. The third-order valence-corrected chi connectivity index (χ3v) is 5.69. The van der Waals surface area contributed by atoms with Crippen LogP contribution in [-0.2, 0) is 4.79 Å². The van der Waals surface area contributed by atoms with Gasteiger partial charge in [-0.25, -0.2) is 14.8 Å².